The summed E-state index contributed by atoms with van der Waals surface area (Å²) in [6, 6.07) is 1.93. The average Bonchev–Trinajstić information content (AvgIpc) is 2.23. The molecule has 14 heavy (non-hydrogen) atoms. The first-order valence-electron chi connectivity index (χ1n) is 4.58. The van der Waals surface area contributed by atoms with Crippen LogP contribution in [0.5, 0.6) is 0 Å². The molecule has 0 fully saturated rings. The molecule has 0 amide bonds. The Hall–Kier alpha value is -1.29. The lowest BCUT2D eigenvalue weighted by Crippen LogP contribution is -1.88. The van der Waals surface area contributed by atoms with Crippen molar-refractivity contribution in [1.82, 2.24) is 15.0 Å². The van der Waals surface area contributed by atoms with Crippen LogP contribution < -0.4 is 0 Å². The molecular formula is C10H13N3S. The summed E-state index contributed by atoms with van der Waals surface area (Å²) in [4.78, 5) is 11.2. The number of H-pyrrole nitrogens is 1. The zero-order valence-corrected chi connectivity index (χ0v) is 9.35. The van der Waals surface area contributed by atoms with Gasteiger partial charge in [-0.25, -0.2) is 4.98 Å². The fourth-order valence-electron chi connectivity index (χ4n) is 1.03. The Balaban J connectivity index is 0.000000461. The lowest BCUT2D eigenvalue weighted by atomic mass is 10.3. The standard InChI is InChI=1S/C8H7N3S.C2H6/c1-5-4-6-7(11-8(5)12)10-3-2-9-6;1-2/h2-4H,1H3,(H,10,11,12);1-2H3. The molecule has 4 heteroatoms. The van der Waals surface area contributed by atoms with Crippen molar-refractivity contribution >= 4 is 23.4 Å². The minimum Gasteiger partial charge on any atom is -0.329 e. The van der Waals surface area contributed by atoms with E-state index in [4.69, 9.17) is 12.2 Å². The van der Waals surface area contributed by atoms with Gasteiger partial charge in [-0.2, -0.15) is 0 Å². The molecule has 0 radical (unpaired) electrons. The molecular weight excluding hydrogens is 194 g/mol. The number of nitrogens with zero attached hydrogens (tertiary/aromatic N) is 2. The molecule has 74 valence electrons. The second-order valence-electron chi connectivity index (χ2n) is 2.57. The Bertz CT molecular complexity index is 476. The maximum Gasteiger partial charge on any atom is 0.157 e. The fraction of sp³-hybridized carbons (Fsp3) is 0.300. The van der Waals surface area contributed by atoms with Gasteiger partial charge in [0.05, 0.1) is 0 Å². The summed E-state index contributed by atoms with van der Waals surface area (Å²) in [7, 11) is 0. The fourth-order valence-corrected chi connectivity index (χ4v) is 1.18. The van der Waals surface area contributed by atoms with Crippen LogP contribution in [-0.2, 0) is 0 Å². The van der Waals surface area contributed by atoms with E-state index in [1.54, 1.807) is 12.4 Å². The van der Waals surface area contributed by atoms with Crippen LogP contribution in [0.3, 0.4) is 0 Å². The lowest BCUT2D eigenvalue weighted by molar-refractivity contribution is 1.19. The quantitative estimate of drug-likeness (QED) is 0.675. The third-order valence-corrected chi connectivity index (χ3v) is 2.09. The molecule has 1 N–H and O–H groups in total. The molecule has 0 unspecified atom stereocenters. The van der Waals surface area contributed by atoms with Gasteiger partial charge in [0.25, 0.3) is 0 Å². The monoisotopic (exact) mass is 207 g/mol. The van der Waals surface area contributed by atoms with Gasteiger partial charge in [0.2, 0.25) is 0 Å². The smallest absolute Gasteiger partial charge is 0.157 e. The van der Waals surface area contributed by atoms with Crippen molar-refractivity contribution in [3.63, 3.8) is 0 Å². The molecule has 0 aliphatic carbocycles. The highest BCUT2D eigenvalue weighted by molar-refractivity contribution is 7.71. The average molecular weight is 207 g/mol. The Morgan fingerprint density at radius 3 is 2.57 bits per heavy atom. The molecule has 0 aromatic carbocycles. The molecule has 0 atom stereocenters. The maximum absolute atomic E-state index is 5.06. The van der Waals surface area contributed by atoms with Gasteiger partial charge in [-0.05, 0) is 18.6 Å². The number of aromatic amines is 1. The van der Waals surface area contributed by atoms with E-state index < -0.39 is 0 Å². The predicted octanol–water partition coefficient (Wildman–Crippen LogP) is 3.02. The molecule has 3 nitrogen and oxygen atoms in total. The third-order valence-electron chi connectivity index (χ3n) is 1.67. The number of nitrogens with one attached hydrogen (secondary N) is 1. The van der Waals surface area contributed by atoms with Crippen molar-refractivity contribution < 1.29 is 0 Å². The Labute approximate surface area is 88.2 Å². The van der Waals surface area contributed by atoms with Crippen LogP contribution in [0.15, 0.2) is 18.5 Å². The Kier molecular flexibility index (Phi) is 3.71. The number of pyridine rings is 1. The Morgan fingerprint density at radius 1 is 1.21 bits per heavy atom. The van der Waals surface area contributed by atoms with Crippen LogP contribution >= 0.6 is 12.2 Å². The summed E-state index contributed by atoms with van der Waals surface area (Å²) in [6.07, 6.45) is 3.31. The van der Waals surface area contributed by atoms with Gasteiger partial charge in [-0.15, -0.1) is 0 Å². The summed E-state index contributed by atoms with van der Waals surface area (Å²) in [6.45, 7) is 5.95. The van der Waals surface area contributed by atoms with Crippen molar-refractivity contribution in [2.75, 3.05) is 0 Å². The SMILES string of the molecule is CC.Cc1cc2nccnc2[nH]c1=S. The van der Waals surface area contributed by atoms with Crippen molar-refractivity contribution in [1.29, 1.82) is 0 Å². The molecule has 2 aromatic heterocycles. The van der Waals surface area contributed by atoms with E-state index in [-0.39, 0.29) is 0 Å². The van der Waals surface area contributed by atoms with Crippen LogP contribution in [0.2, 0.25) is 0 Å². The summed E-state index contributed by atoms with van der Waals surface area (Å²) in [5, 5.41) is 0. The molecule has 2 rings (SSSR count). The van der Waals surface area contributed by atoms with Gasteiger partial charge in [0.15, 0.2) is 5.65 Å². The Morgan fingerprint density at radius 2 is 1.86 bits per heavy atom. The summed E-state index contributed by atoms with van der Waals surface area (Å²) in [5.74, 6) is 0. The number of aromatic nitrogens is 3. The molecule has 0 aliphatic rings. The van der Waals surface area contributed by atoms with E-state index in [9.17, 15) is 0 Å². The number of rotatable bonds is 0. The highest BCUT2D eigenvalue weighted by Crippen LogP contribution is 2.07. The predicted molar refractivity (Wildman–Crippen MR) is 60.8 cm³/mol. The zero-order valence-electron chi connectivity index (χ0n) is 8.53. The van der Waals surface area contributed by atoms with E-state index in [2.05, 4.69) is 15.0 Å². The summed E-state index contributed by atoms with van der Waals surface area (Å²) >= 11 is 5.06. The molecule has 0 saturated heterocycles. The molecule has 2 heterocycles. The van der Waals surface area contributed by atoms with Crippen molar-refractivity contribution in [3.8, 4) is 0 Å². The normalized spacial score (nSPS) is 9.36. The number of hydrogen-bond acceptors (Lipinski definition) is 3. The molecule has 0 saturated carbocycles. The minimum atomic E-state index is 0.725. The highest BCUT2D eigenvalue weighted by Gasteiger charge is 1.95. The van der Waals surface area contributed by atoms with Crippen molar-refractivity contribution in [2.45, 2.75) is 20.8 Å². The first-order chi connectivity index (χ1) is 6.77. The zero-order chi connectivity index (χ0) is 10.6. The van der Waals surface area contributed by atoms with Crippen LogP contribution in [0.4, 0.5) is 0 Å². The van der Waals surface area contributed by atoms with E-state index in [0.29, 0.717) is 0 Å². The van der Waals surface area contributed by atoms with Gasteiger partial charge in [0, 0.05) is 12.4 Å². The third kappa shape index (κ3) is 2.14. The summed E-state index contributed by atoms with van der Waals surface area (Å²) < 4.78 is 0.725. The molecule has 0 bridgehead atoms. The van der Waals surface area contributed by atoms with Gasteiger partial charge < -0.3 is 4.98 Å². The molecule has 0 spiro atoms. The largest absolute Gasteiger partial charge is 0.329 e. The van der Waals surface area contributed by atoms with E-state index >= 15 is 0 Å². The first kappa shape index (κ1) is 10.8. The lowest BCUT2D eigenvalue weighted by Gasteiger charge is -1.96. The molecule has 0 aliphatic heterocycles. The van der Waals surface area contributed by atoms with Crippen LogP contribution in [0.1, 0.15) is 19.4 Å². The van der Waals surface area contributed by atoms with Gasteiger partial charge >= 0.3 is 0 Å². The topological polar surface area (TPSA) is 41.6 Å². The van der Waals surface area contributed by atoms with Gasteiger partial charge in [-0.1, -0.05) is 26.1 Å². The van der Waals surface area contributed by atoms with Gasteiger partial charge in [0.1, 0.15) is 10.2 Å². The van der Waals surface area contributed by atoms with E-state index in [1.165, 1.54) is 0 Å². The van der Waals surface area contributed by atoms with Crippen molar-refractivity contribution in [2.24, 2.45) is 0 Å². The maximum atomic E-state index is 5.06. The summed E-state index contributed by atoms with van der Waals surface area (Å²) in [5.41, 5.74) is 2.62. The van der Waals surface area contributed by atoms with Crippen LogP contribution in [0.25, 0.3) is 11.2 Å². The number of fused-ring (bicyclic) bond motifs is 1. The van der Waals surface area contributed by atoms with Crippen LogP contribution in [0, 0.1) is 11.6 Å². The first-order valence-corrected chi connectivity index (χ1v) is 4.99. The number of hydrogen-bond donors (Lipinski definition) is 1. The second-order valence-corrected chi connectivity index (χ2v) is 2.98. The van der Waals surface area contributed by atoms with E-state index in [1.807, 2.05) is 26.8 Å². The van der Waals surface area contributed by atoms with Gasteiger partial charge in [-0.3, -0.25) is 4.98 Å². The number of aryl methyl sites for hydroxylation is 1. The highest BCUT2D eigenvalue weighted by atomic mass is 32.1. The van der Waals surface area contributed by atoms with Crippen molar-refractivity contribution in [3.05, 3.63) is 28.7 Å². The molecule has 2 aromatic rings. The minimum absolute atomic E-state index is 0.725. The second kappa shape index (κ2) is 4.81. The van der Waals surface area contributed by atoms with Crippen LogP contribution in [-0.4, -0.2) is 15.0 Å². The van der Waals surface area contributed by atoms with E-state index in [0.717, 1.165) is 21.4 Å².